The van der Waals surface area contributed by atoms with Gasteiger partial charge >= 0.3 is 0 Å². The van der Waals surface area contributed by atoms with Crippen LogP contribution in [-0.2, 0) is 4.74 Å². The highest BCUT2D eigenvalue weighted by molar-refractivity contribution is 9.09. The molecule has 0 heterocycles. The van der Waals surface area contributed by atoms with Crippen molar-refractivity contribution >= 4 is 15.9 Å². The summed E-state index contributed by atoms with van der Waals surface area (Å²) >= 11 is 2.91. The molecule has 3 heteroatoms. The Balaban J connectivity index is 2.68. The molecule has 1 atom stereocenters. The molecule has 0 aromatic carbocycles. The van der Waals surface area contributed by atoms with Crippen LogP contribution in [0.2, 0.25) is 0 Å². The fraction of sp³-hybridized carbons (Fsp3) is 1.00. The summed E-state index contributed by atoms with van der Waals surface area (Å²) in [6.45, 7) is 2.91. The number of halogens is 1. The van der Waals surface area contributed by atoms with Crippen LogP contribution >= 0.6 is 15.9 Å². The summed E-state index contributed by atoms with van der Waals surface area (Å²) in [7, 11) is 0. The molecule has 1 N–H and O–H groups in total. The molecule has 0 spiro atoms. The monoisotopic (exact) mass is 168 g/mol. The van der Waals surface area contributed by atoms with Crippen LogP contribution in [0.15, 0.2) is 0 Å². The van der Waals surface area contributed by atoms with Gasteiger partial charge in [-0.1, -0.05) is 15.9 Å². The van der Waals surface area contributed by atoms with E-state index < -0.39 is 5.01 Å². The molecule has 0 saturated carbocycles. The zero-order chi connectivity index (χ0) is 5.70. The molecule has 0 aliphatic heterocycles. The Morgan fingerprint density at radius 1 is 1.86 bits per heavy atom. The Kier molecular flexibility index (Phi) is 4.82. The molecule has 0 bridgehead atoms. The maximum atomic E-state index is 8.48. The molecule has 2 nitrogen and oxygen atoms in total. The Hall–Kier alpha value is 0.400. The summed E-state index contributed by atoms with van der Waals surface area (Å²) < 4.78 is 4.80. The molecule has 0 radical (unpaired) electrons. The van der Waals surface area contributed by atoms with E-state index in [2.05, 4.69) is 15.9 Å². The number of aliphatic hydroxyl groups is 1. The van der Waals surface area contributed by atoms with Gasteiger partial charge in [-0.2, -0.15) is 0 Å². The third-order valence-corrected chi connectivity index (χ3v) is 0.724. The Bertz CT molecular complexity index is 38.7. The molecule has 44 valence electrons. The van der Waals surface area contributed by atoms with Gasteiger partial charge in [0.2, 0.25) is 0 Å². The van der Waals surface area contributed by atoms with Gasteiger partial charge in [0.1, 0.15) is 5.01 Å². The van der Waals surface area contributed by atoms with Gasteiger partial charge in [-0.25, -0.2) is 0 Å². The first-order chi connectivity index (χ1) is 3.27. The Labute approximate surface area is 51.6 Å². The van der Waals surface area contributed by atoms with Crippen LogP contribution in [-0.4, -0.2) is 23.3 Å². The van der Waals surface area contributed by atoms with Gasteiger partial charge < -0.3 is 9.84 Å². The van der Waals surface area contributed by atoms with E-state index in [1.807, 2.05) is 6.92 Å². The van der Waals surface area contributed by atoms with Crippen molar-refractivity contribution in [2.75, 3.05) is 13.2 Å². The van der Waals surface area contributed by atoms with E-state index >= 15 is 0 Å². The van der Waals surface area contributed by atoms with Crippen LogP contribution < -0.4 is 0 Å². The zero-order valence-electron chi connectivity index (χ0n) is 4.22. The second-order valence-corrected chi connectivity index (χ2v) is 2.15. The maximum Gasteiger partial charge on any atom is 0.132 e. The smallest absolute Gasteiger partial charge is 0.132 e. The fourth-order valence-electron chi connectivity index (χ4n) is 0.215. The van der Waals surface area contributed by atoms with Crippen molar-refractivity contribution in [2.45, 2.75) is 11.9 Å². The number of aliphatic hydroxyl groups excluding tert-OH is 1. The van der Waals surface area contributed by atoms with Crippen molar-refractivity contribution < 1.29 is 9.84 Å². The lowest BCUT2D eigenvalue weighted by Gasteiger charge is -1.99. The van der Waals surface area contributed by atoms with Gasteiger partial charge in [-0.05, 0) is 6.92 Å². The molecule has 7 heavy (non-hydrogen) atoms. The number of rotatable bonds is 3. The van der Waals surface area contributed by atoms with Gasteiger partial charge in [-0.3, -0.25) is 0 Å². The minimum Gasteiger partial charge on any atom is -0.379 e. The highest BCUT2D eigenvalue weighted by Crippen LogP contribution is 1.92. The van der Waals surface area contributed by atoms with Crippen molar-refractivity contribution in [1.82, 2.24) is 0 Å². The highest BCUT2D eigenvalue weighted by Gasteiger charge is 1.92. The zero-order valence-corrected chi connectivity index (χ0v) is 5.81. The van der Waals surface area contributed by atoms with E-state index in [1.54, 1.807) is 0 Å². The molecule has 1 unspecified atom stereocenters. The van der Waals surface area contributed by atoms with E-state index in [-0.39, 0.29) is 0 Å². The molecule has 0 rings (SSSR count). The molecule has 0 saturated heterocycles. The van der Waals surface area contributed by atoms with E-state index in [0.29, 0.717) is 13.2 Å². The minimum atomic E-state index is -0.507. The summed E-state index contributed by atoms with van der Waals surface area (Å²) in [5.41, 5.74) is 0. The van der Waals surface area contributed by atoms with Gasteiger partial charge in [-0.15, -0.1) is 0 Å². The number of alkyl halides is 1. The topological polar surface area (TPSA) is 29.5 Å². The van der Waals surface area contributed by atoms with E-state index in [4.69, 9.17) is 9.84 Å². The van der Waals surface area contributed by atoms with Crippen LogP contribution in [0, 0.1) is 0 Å². The largest absolute Gasteiger partial charge is 0.379 e. The average molecular weight is 169 g/mol. The van der Waals surface area contributed by atoms with Crippen molar-refractivity contribution in [2.24, 2.45) is 0 Å². The normalized spacial score (nSPS) is 14.1. The fourth-order valence-corrected chi connectivity index (χ4v) is 0.402. The molecule has 0 aliphatic carbocycles. The predicted molar refractivity (Wildman–Crippen MR) is 31.4 cm³/mol. The van der Waals surface area contributed by atoms with Gasteiger partial charge in [0, 0.05) is 6.61 Å². The lowest BCUT2D eigenvalue weighted by molar-refractivity contribution is 0.0888. The second-order valence-electron chi connectivity index (χ2n) is 1.09. The summed E-state index contributed by atoms with van der Waals surface area (Å²) in [5, 5.41) is 7.97. The lowest BCUT2D eigenvalue weighted by Crippen LogP contribution is -2.05. The second kappa shape index (κ2) is 4.56. The Morgan fingerprint density at radius 3 is 2.57 bits per heavy atom. The molecular weight excluding hydrogens is 160 g/mol. The van der Waals surface area contributed by atoms with Crippen LogP contribution in [0.4, 0.5) is 0 Å². The minimum absolute atomic E-state index is 0.372. The first-order valence-electron chi connectivity index (χ1n) is 2.17. The predicted octanol–water partition coefficient (Wildman–Crippen LogP) is 0.736. The first-order valence-corrected chi connectivity index (χ1v) is 3.08. The van der Waals surface area contributed by atoms with E-state index in [0.717, 1.165) is 0 Å². The maximum absolute atomic E-state index is 8.48. The van der Waals surface area contributed by atoms with Gasteiger partial charge in [0.05, 0.1) is 6.61 Å². The summed E-state index contributed by atoms with van der Waals surface area (Å²) in [5.74, 6) is 0. The van der Waals surface area contributed by atoms with Crippen molar-refractivity contribution in [1.29, 1.82) is 0 Å². The van der Waals surface area contributed by atoms with E-state index in [9.17, 15) is 0 Å². The van der Waals surface area contributed by atoms with Gasteiger partial charge in [0.25, 0.3) is 0 Å². The van der Waals surface area contributed by atoms with Crippen LogP contribution in [0.3, 0.4) is 0 Å². The van der Waals surface area contributed by atoms with E-state index in [1.165, 1.54) is 0 Å². The molecular formula is C4H9BrO2. The van der Waals surface area contributed by atoms with Crippen molar-refractivity contribution in [3.05, 3.63) is 0 Å². The summed E-state index contributed by atoms with van der Waals surface area (Å²) in [6, 6.07) is 0. The van der Waals surface area contributed by atoms with Gasteiger partial charge in [0.15, 0.2) is 0 Å². The number of hydrogen-bond acceptors (Lipinski definition) is 2. The summed E-state index contributed by atoms with van der Waals surface area (Å²) in [4.78, 5) is 0. The SMILES string of the molecule is CCOCC(O)Br. The molecule has 0 aromatic rings. The highest BCUT2D eigenvalue weighted by atomic mass is 79.9. The Morgan fingerprint density at radius 2 is 2.43 bits per heavy atom. The quantitative estimate of drug-likeness (QED) is 0.631. The lowest BCUT2D eigenvalue weighted by atomic mass is 10.7. The third-order valence-electron chi connectivity index (χ3n) is 0.460. The molecule has 0 amide bonds. The van der Waals surface area contributed by atoms with Crippen LogP contribution in [0.5, 0.6) is 0 Å². The standard InChI is InChI=1S/C4H9BrO2/c1-2-7-3-4(5)6/h4,6H,2-3H2,1H3. The first kappa shape index (κ1) is 7.40. The number of hydrogen-bond donors (Lipinski definition) is 1. The van der Waals surface area contributed by atoms with Crippen LogP contribution in [0.1, 0.15) is 6.92 Å². The third kappa shape index (κ3) is 6.40. The molecule has 0 aromatic heterocycles. The molecule has 0 fully saturated rings. The van der Waals surface area contributed by atoms with Crippen molar-refractivity contribution in [3.8, 4) is 0 Å². The summed E-state index contributed by atoms with van der Waals surface area (Å²) in [6.07, 6.45) is 0. The molecule has 0 aliphatic rings. The average Bonchev–Trinajstić information content (AvgIpc) is 1.61. The van der Waals surface area contributed by atoms with Crippen molar-refractivity contribution in [3.63, 3.8) is 0 Å². The van der Waals surface area contributed by atoms with Crippen LogP contribution in [0.25, 0.3) is 0 Å². The number of ether oxygens (including phenoxy) is 1.